The van der Waals surface area contributed by atoms with Gasteiger partial charge in [0.15, 0.2) is 17.7 Å². The molecule has 2 aromatic rings. The van der Waals surface area contributed by atoms with Crippen LogP contribution in [0.1, 0.15) is 0 Å². The molecule has 4 atom stereocenters. The van der Waals surface area contributed by atoms with Crippen LogP contribution in [0.5, 0.6) is 0 Å². The summed E-state index contributed by atoms with van der Waals surface area (Å²) in [6.45, 7) is -0.459. The van der Waals surface area contributed by atoms with E-state index in [1.165, 1.54) is 11.0 Å². The molecule has 4 unspecified atom stereocenters. The Kier molecular flexibility index (Phi) is 3.85. The zero-order chi connectivity index (χ0) is 16.7. The first-order chi connectivity index (χ1) is 10.9. The second kappa shape index (κ2) is 5.70. The summed E-state index contributed by atoms with van der Waals surface area (Å²) in [4.78, 5) is 20.2. The van der Waals surface area contributed by atoms with Gasteiger partial charge < -0.3 is 31.1 Å². The van der Waals surface area contributed by atoms with Crippen LogP contribution in [0.4, 0.5) is 11.6 Å². The van der Waals surface area contributed by atoms with E-state index in [0.717, 1.165) is 0 Å². The van der Waals surface area contributed by atoms with Crippen LogP contribution in [-0.2, 0) is 11.8 Å². The lowest BCUT2D eigenvalue weighted by Gasteiger charge is -2.18. The number of aryl methyl sites for hydroxylation is 1. The Bertz CT molecular complexity index is 795. The van der Waals surface area contributed by atoms with E-state index in [9.17, 15) is 15.0 Å². The van der Waals surface area contributed by atoms with Crippen LogP contribution in [-0.4, -0.2) is 66.2 Å². The average molecular weight is 324 g/mol. The summed E-state index contributed by atoms with van der Waals surface area (Å²) in [6, 6.07) is 0. The van der Waals surface area contributed by atoms with Gasteiger partial charge in [-0.1, -0.05) is 0 Å². The predicted octanol–water partition coefficient (Wildman–Crippen LogP) is -2.84. The molecule has 1 saturated heterocycles. The minimum Gasteiger partial charge on any atom is -0.394 e. The van der Waals surface area contributed by atoms with Crippen molar-refractivity contribution in [2.75, 3.05) is 17.7 Å². The monoisotopic (exact) mass is 324 g/mol. The quantitative estimate of drug-likeness (QED) is 0.396. The second-order valence-corrected chi connectivity index (χ2v) is 5.16. The molecule has 23 heavy (non-hydrogen) atoms. The number of anilines is 2. The zero-order valence-electron chi connectivity index (χ0n) is 12.1. The highest BCUT2D eigenvalue weighted by molar-refractivity contribution is 5.87. The van der Waals surface area contributed by atoms with Crippen LogP contribution < -0.4 is 16.5 Å². The maximum Gasteiger partial charge on any atom is 0.237 e. The molecule has 1 fully saturated rings. The number of nitrogens with two attached hydrogens (primary N) is 1. The van der Waals surface area contributed by atoms with Gasteiger partial charge in [0.05, 0.1) is 6.61 Å². The number of fused-ring (bicyclic) bond motifs is 1. The van der Waals surface area contributed by atoms with Gasteiger partial charge in [0.2, 0.25) is 5.43 Å². The minimum atomic E-state index is -1.31. The van der Waals surface area contributed by atoms with Gasteiger partial charge in [-0.3, -0.25) is 4.79 Å². The second-order valence-electron chi connectivity index (χ2n) is 5.16. The van der Waals surface area contributed by atoms with Gasteiger partial charge in [-0.15, -0.1) is 5.10 Å². The van der Waals surface area contributed by atoms with Crippen LogP contribution in [0.3, 0.4) is 0 Å². The highest BCUT2D eigenvalue weighted by Gasteiger charge is 2.42. The van der Waals surface area contributed by atoms with Crippen molar-refractivity contribution in [1.29, 1.82) is 0 Å². The van der Waals surface area contributed by atoms with Gasteiger partial charge in [0, 0.05) is 7.05 Å². The molecule has 11 nitrogen and oxygen atoms in total. The van der Waals surface area contributed by atoms with Gasteiger partial charge in [0.1, 0.15) is 35.8 Å². The summed E-state index contributed by atoms with van der Waals surface area (Å²) in [6.07, 6.45) is -3.35. The van der Waals surface area contributed by atoms with Crippen molar-refractivity contribution in [2.45, 2.75) is 24.5 Å². The lowest BCUT2D eigenvalue weighted by atomic mass is 10.1. The number of nitrogens with zero attached hydrogens (tertiary/aromatic N) is 4. The van der Waals surface area contributed by atoms with Crippen molar-refractivity contribution < 1.29 is 20.1 Å². The zero-order valence-corrected chi connectivity index (χ0v) is 12.1. The third-order valence-electron chi connectivity index (χ3n) is 3.67. The lowest BCUT2D eigenvalue weighted by Crippen LogP contribution is -2.37. The van der Waals surface area contributed by atoms with E-state index in [1.807, 2.05) is 0 Å². The largest absolute Gasteiger partial charge is 0.394 e. The normalized spacial score (nSPS) is 27.5. The molecular formula is C12H16N6O5. The first kappa shape index (κ1) is 15.6. The third-order valence-corrected chi connectivity index (χ3v) is 3.67. The van der Waals surface area contributed by atoms with E-state index in [1.54, 1.807) is 7.05 Å². The Labute approximate surface area is 129 Å². The van der Waals surface area contributed by atoms with Crippen LogP contribution in [0, 0.1) is 0 Å². The topological polar surface area (TPSA) is 169 Å². The lowest BCUT2D eigenvalue weighted by molar-refractivity contribution is -0.0153. The van der Waals surface area contributed by atoms with Gasteiger partial charge >= 0.3 is 0 Å². The van der Waals surface area contributed by atoms with Crippen molar-refractivity contribution in [3.8, 4) is 0 Å². The Balaban J connectivity index is 2.03. The van der Waals surface area contributed by atoms with Crippen LogP contribution in [0.25, 0.3) is 11.0 Å². The molecule has 3 rings (SSSR count). The molecule has 124 valence electrons. The number of rotatable bonds is 3. The maximum absolute atomic E-state index is 12.2. The minimum absolute atomic E-state index is 0.0829. The van der Waals surface area contributed by atoms with E-state index < -0.39 is 36.6 Å². The van der Waals surface area contributed by atoms with Gasteiger partial charge in [-0.05, 0) is 0 Å². The fourth-order valence-corrected chi connectivity index (χ4v) is 2.48. The molecule has 1 aliphatic rings. The number of nitrogen functional groups attached to an aromatic ring is 1. The summed E-state index contributed by atoms with van der Waals surface area (Å²) in [5.74, 6) is -0.140. The van der Waals surface area contributed by atoms with E-state index in [0.29, 0.717) is 0 Å². The van der Waals surface area contributed by atoms with Crippen molar-refractivity contribution in [3.63, 3.8) is 0 Å². The molecule has 0 aromatic carbocycles. The summed E-state index contributed by atoms with van der Waals surface area (Å²) < 4.78 is 6.64. The van der Waals surface area contributed by atoms with Crippen molar-refractivity contribution in [2.24, 2.45) is 7.05 Å². The van der Waals surface area contributed by atoms with Gasteiger partial charge in [-0.2, -0.15) is 0 Å². The molecule has 0 aliphatic carbocycles. The molecule has 0 bridgehead atoms. The molecule has 0 saturated carbocycles. The molecule has 0 radical (unpaired) electrons. The van der Waals surface area contributed by atoms with Crippen LogP contribution in [0.15, 0.2) is 11.1 Å². The van der Waals surface area contributed by atoms with E-state index in [2.05, 4.69) is 20.4 Å². The number of nitrogens with one attached hydrogen (secondary N) is 1. The molecule has 3 heterocycles. The molecule has 2 aromatic heterocycles. The van der Waals surface area contributed by atoms with Crippen LogP contribution in [0.2, 0.25) is 0 Å². The molecule has 11 heteroatoms. The Morgan fingerprint density at radius 3 is 2.78 bits per heavy atom. The first-order valence-electron chi connectivity index (χ1n) is 6.80. The first-order valence-corrected chi connectivity index (χ1v) is 6.80. The standard InChI is InChI=1S/C12H16N6O5/c1-18-11-5(7(21)9(13)17-18)10(14-3-15-11)16-12-8(22)6(20)4(2-19)23-12/h3-4,6,8,12,19-20,22H,2H2,1H3,(H2,13,17)(H,14,15,16). The van der Waals surface area contributed by atoms with E-state index in [-0.39, 0.29) is 22.7 Å². The van der Waals surface area contributed by atoms with E-state index >= 15 is 0 Å². The number of ether oxygens (including phenoxy) is 1. The van der Waals surface area contributed by atoms with Crippen molar-refractivity contribution >= 4 is 22.7 Å². The predicted molar refractivity (Wildman–Crippen MR) is 78.4 cm³/mol. The SMILES string of the molecule is Cn1nc(N)c(=O)c2c(NC3OC(CO)C(O)C3O)ncnc21. The fourth-order valence-electron chi connectivity index (χ4n) is 2.48. The molecule has 1 aliphatic heterocycles. The number of aliphatic hydroxyl groups is 3. The Morgan fingerprint density at radius 2 is 2.13 bits per heavy atom. The highest BCUT2D eigenvalue weighted by atomic mass is 16.6. The highest BCUT2D eigenvalue weighted by Crippen LogP contribution is 2.24. The summed E-state index contributed by atoms with van der Waals surface area (Å²) in [5.41, 5.74) is 5.26. The van der Waals surface area contributed by atoms with Crippen molar-refractivity contribution in [3.05, 3.63) is 16.6 Å². The van der Waals surface area contributed by atoms with Crippen LogP contribution >= 0.6 is 0 Å². The third kappa shape index (κ3) is 2.49. The fraction of sp³-hybridized carbons (Fsp3) is 0.500. The van der Waals surface area contributed by atoms with Crippen molar-refractivity contribution in [1.82, 2.24) is 19.7 Å². The number of aliphatic hydroxyl groups excluding tert-OH is 3. The Morgan fingerprint density at radius 1 is 1.39 bits per heavy atom. The Hall–Kier alpha value is -2.34. The molecule has 0 amide bonds. The molecule has 0 spiro atoms. The number of aromatic nitrogens is 4. The molecular weight excluding hydrogens is 308 g/mol. The number of hydrogen-bond acceptors (Lipinski definition) is 10. The summed E-state index contributed by atoms with van der Waals surface area (Å²) in [5, 5.41) is 35.5. The van der Waals surface area contributed by atoms with Gasteiger partial charge in [0.25, 0.3) is 0 Å². The molecule has 6 N–H and O–H groups in total. The number of hydrogen-bond donors (Lipinski definition) is 5. The summed E-state index contributed by atoms with van der Waals surface area (Å²) in [7, 11) is 1.57. The average Bonchev–Trinajstić information content (AvgIpc) is 2.80. The maximum atomic E-state index is 12.2. The van der Waals surface area contributed by atoms with E-state index in [4.69, 9.17) is 15.6 Å². The smallest absolute Gasteiger partial charge is 0.237 e. The van der Waals surface area contributed by atoms with Gasteiger partial charge in [-0.25, -0.2) is 14.6 Å². The summed E-state index contributed by atoms with van der Waals surface area (Å²) >= 11 is 0.